The summed E-state index contributed by atoms with van der Waals surface area (Å²) in [6.45, 7) is 3.71. The number of esters is 1. The fraction of sp³-hybridized carbons (Fsp3) is 0.412. The number of nitrogens with zero attached hydrogens (tertiary/aromatic N) is 1. The number of carbonyl (C=O) groups excluding carboxylic acids is 2. The monoisotopic (exact) mass is 372 g/mol. The Morgan fingerprint density at radius 3 is 2.72 bits per heavy atom. The van der Waals surface area contributed by atoms with Gasteiger partial charge in [0.2, 0.25) is 0 Å². The molecule has 1 heterocycles. The maximum atomic E-state index is 13.0. The highest BCUT2D eigenvalue weighted by molar-refractivity contribution is 6.31. The molecule has 25 heavy (non-hydrogen) atoms. The molecular weight excluding hydrogens is 354 g/mol. The first kappa shape index (κ1) is 19.2. The van der Waals surface area contributed by atoms with E-state index in [0.717, 1.165) is 6.07 Å². The number of halogens is 3. The van der Waals surface area contributed by atoms with Gasteiger partial charge in [0, 0.05) is 34.3 Å². The summed E-state index contributed by atoms with van der Waals surface area (Å²) in [4.78, 5) is 26.0. The van der Waals surface area contributed by atoms with E-state index in [1.54, 1.807) is 13.8 Å². The van der Waals surface area contributed by atoms with E-state index < -0.39 is 23.9 Å². The molecule has 0 spiro atoms. The van der Waals surface area contributed by atoms with E-state index in [2.05, 4.69) is 0 Å². The molecule has 1 atom stereocenters. The zero-order chi connectivity index (χ0) is 18.7. The van der Waals surface area contributed by atoms with Crippen molar-refractivity contribution in [3.05, 3.63) is 45.6 Å². The number of hydrogen-bond donors (Lipinski definition) is 1. The minimum Gasteiger partial charge on any atom is -0.463 e. The van der Waals surface area contributed by atoms with Crippen LogP contribution in [0.1, 0.15) is 42.6 Å². The Labute approximate surface area is 149 Å². The summed E-state index contributed by atoms with van der Waals surface area (Å²) in [5.41, 5.74) is 6.22. The van der Waals surface area contributed by atoms with E-state index in [0.29, 0.717) is 5.57 Å². The van der Waals surface area contributed by atoms with Gasteiger partial charge < -0.3 is 15.4 Å². The van der Waals surface area contributed by atoms with Crippen LogP contribution in [0.5, 0.6) is 0 Å². The average molecular weight is 373 g/mol. The Morgan fingerprint density at radius 1 is 1.44 bits per heavy atom. The van der Waals surface area contributed by atoms with Crippen LogP contribution in [0.3, 0.4) is 0 Å². The van der Waals surface area contributed by atoms with Gasteiger partial charge in [0.25, 0.3) is 12.3 Å². The van der Waals surface area contributed by atoms with E-state index in [-0.39, 0.29) is 41.9 Å². The van der Waals surface area contributed by atoms with E-state index >= 15 is 0 Å². The molecule has 0 unspecified atom stereocenters. The average Bonchev–Trinajstić information content (AvgIpc) is 2.56. The lowest BCUT2D eigenvalue weighted by Gasteiger charge is -2.34. The molecular formula is C17H19ClF2N2O3. The molecule has 1 aliphatic rings. The molecule has 1 amide bonds. The first-order valence-corrected chi connectivity index (χ1v) is 8.17. The normalized spacial score (nSPS) is 17.8. The Kier molecular flexibility index (Phi) is 6.00. The summed E-state index contributed by atoms with van der Waals surface area (Å²) < 4.78 is 30.9. The molecule has 0 aromatic heterocycles. The zero-order valence-electron chi connectivity index (χ0n) is 13.9. The number of nitrogens with two attached hydrogens (primary N) is 1. The number of carbonyl (C=O) groups is 2. The molecule has 2 N–H and O–H groups in total. The number of benzene rings is 1. The third-order valence-corrected chi connectivity index (χ3v) is 4.36. The van der Waals surface area contributed by atoms with Crippen molar-refractivity contribution in [2.45, 2.75) is 32.7 Å². The third-order valence-electron chi connectivity index (χ3n) is 4.02. The van der Waals surface area contributed by atoms with Gasteiger partial charge >= 0.3 is 5.97 Å². The lowest BCUT2D eigenvalue weighted by molar-refractivity contribution is -0.139. The Hall–Kier alpha value is -2.15. The minimum absolute atomic E-state index is 0.0286. The van der Waals surface area contributed by atoms with Gasteiger partial charge in [0.15, 0.2) is 0 Å². The molecule has 0 saturated heterocycles. The summed E-state index contributed by atoms with van der Waals surface area (Å²) in [5, 5.41) is -0.0951. The van der Waals surface area contributed by atoms with E-state index in [1.807, 2.05) is 0 Å². The van der Waals surface area contributed by atoms with Crippen LogP contribution in [0.4, 0.5) is 8.78 Å². The van der Waals surface area contributed by atoms with Crippen molar-refractivity contribution in [2.75, 3.05) is 13.2 Å². The predicted molar refractivity (Wildman–Crippen MR) is 89.4 cm³/mol. The zero-order valence-corrected chi connectivity index (χ0v) is 14.6. The van der Waals surface area contributed by atoms with Crippen LogP contribution in [0.25, 0.3) is 0 Å². The third kappa shape index (κ3) is 4.10. The Bertz CT molecular complexity index is 722. The highest BCUT2D eigenvalue weighted by Gasteiger charge is 2.32. The van der Waals surface area contributed by atoms with Crippen molar-refractivity contribution in [3.63, 3.8) is 0 Å². The van der Waals surface area contributed by atoms with Gasteiger partial charge in [-0.05, 0) is 32.0 Å². The van der Waals surface area contributed by atoms with Crippen molar-refractivity contribution in [2.24, 2.45) is 5.73 Å². The van der Waals surface area contributed by atoms with E-state index in [9.17, 15) is 18.4 Å². The maximum absolute atomic E-state index is 13.0. The van der Waals surface area contributed by atoms with Crippen LogP contribution < -0.4 is 5.73 Å². The van der Waals surface area contributed by atoms with Gasteiger partial charge in [-0.25, -0.2) is 13.6 Å². The molecule has 0 bridgehead atoms. The van der Waals surface area contributed by atoms with Crippen molar-refractivity contribution in [1.29, 1.82) is 0 Å². The first-order valence-electron chi connectivity index (χ1n) is 7.79. The Balaban J connectivity index is 2.26. The molecule has 1 aromatic carbocycles. The van der Waals surface area contributed by atoms with Gasteiger partial charge in [-0.3, -0.25) is 4.79 Å². The van der Waals surface area contributed by atoms with E-state index in [1.165, 1.54) is 17.0 Å². The first-order chi connectivity index (χ1) is 11.8. The molecule has 8 heteroatoms. The van der Waals surface area contributed by atoms with Crippen molar-refractivity contribution in [1.82, 2.24) is 4.90 Å². The fourth-order valence-corrected chi connectivity index (χ4v) is 2.89. The van der Waals surface area contributed by atoms with Gasteiger partial charge in [0.05, 0.1) is 18.7 Å². The fourth-order valence-electron chi connectivity index (χ4n) is 2.69. The van der Waals surface area contributed by atoms with Crippen LogP contribution in [-0.4, -0.2) is 36.0 Å². The summed E-state index contributed by atoms with van der Waals surface area (Å²) in [7, 11) is 0. The lowest BCUT2D eigenvalue weighted by Crippen LogP contribution is -2.45. The summed E-state index contributed by atoms with van der Waals surface area (Å²) >= 11 is 5.73. The second kappa shape index (κ2) is 7.82. The molecule has 5 nitrogen and oxygen atoms in total. The molecule has 2 rings (SSSR count). The van der Waals surface area contributed by atoms with Gasteiger partial charge in [-0.2, -0.15) is 0 Å². The topological polar surface area (TPSA) is 72.6 Å². The minimum atomic E-state index is -2.78. The SMILES string of the molecule is CCOC(=O)C1=C(N)CN(C(=O)c2ccc(Cl)c(C(F)F)c2)[C@H](C)C1. The summed E-state index contributed by atoms with van der Waals surface area (Å²) in [5.74, 6) is -0.942. The van der Waals surface area contributed by atoms with Gasteiger partial charge in [-0.15, -0.1) is 0 Å². The van der Waals surface area contributed by atoms with Crippen LogP contribution in [-0.2, 0) is 9.53 Å². The smallest absolute Gasteiger partial charge is 0.335 e. The number of amides is 1. The quantitative estimate of drug-likeness (QED) is 0.823. The predicted octanol–water partition coefficient (Wildman–Crippen LogP) is 3.29. The van der Waals surface area contributed by atoms with Crippen LogP contribution >= 0.6 is 11.6 Å². The lowest BCUT2D eigenvalue weighted by atomic mass is 9.97. The summed E-state index contributed by atoms with van der Waals surface area (Å²) in [6.07, 6.45) is -2.54. The van der Waals surface area contributed by atoms with Crippen molar-refractivity contribution < 1.29 is 23.1 Å². The number of ether oxygens (including phenoxy) is 1. The van der Waals surface area contributed by atoms with Gasteiger partial charge in [0.1, 0.15) is 0 Å². The second-order valence-electron chi connectivity index (χ2n) is 5.75. The van der Waals surface area contributed by atoms with Crippen LogP contribution in [0.15, 0.2) is 29.5 Å². The highest BCUT2D eigenvalue weighted by atomic mass is 35.5. The molecule has 0 aliphatic carbocycles. The molecule has 136 valence electrons. The molecule has 0 radical (unpaired) electrons. The second-order valence-corrected chi connectivity index (χ2v) is 6.15. The number of rotatable bonds is 4. The molecule has 0 fully saturated rings. The number of hydrogen-bond acceptors (Lipinski definition) is 4. The molecule has 1 aliphatic heterocycles. The van der Waals surface area contributed by atoms with Crippen LogP contribution in [0.2, 0.25) is 5.02 Å². The maximum Gasteiger partial charge on any atom is 0.335 e. The Morgan fingerprint density at radius 2 is 2.12 bits per heavy atom. The van der Waals surface area contributed by atoms with Crippen molar-refractivity contribution in [3.8, 4) is 0 Å². The van der Waals surface area contributed by atoms with Gasteiger partial charge in [-0.1, -0.05) is 11.6 Å². The highest BCUT2D eigenvalue weighted by Crippen LogP contribution is 2.29. The van der Waals surface area contributed by atoms with Crippen molar-refractivity contribution >= 4 is 23.5 Å². The largest absolute Gasteiger partial charge is 0.463 e. The standard InChI is InChI=1S/C17H19ClF2N2O3/c1-3-25-17(24)12-6-9(2)22(8-14(12)21)16(23)10-4-5-13(18)11(7-10)15(19)20/h4-5,7,9,15H,3,6,8,21H2,1-2H3/t9-/m1/s1. The van der Waals surface area contributed by atoms with Crippen LogP contribution in [0, 0.1) is 0 Å². The summed E-state index contributed by atoms with van der Waals surface area (Å²) in [6, 6.07) is 3.42. The number of alkyl halides is 2. The molecule has 0 saturated carbocycles. The van der Waals surface area contributed by atoms with E-state index in [4.69, 9.17) is 22.1 Å². The molecule has 1 aromatic rings.